The average Bonchev–Trinajstić information content (AvgIpc) is 3.37. The van der Waals surface area contributed by atoms with Gasteiger partial charge in [-0.2, -0.15) is 0 Å². The van der Waals surface area contributed by atoms with Gasteiger partial charge in [0.1, 0.15) is 5.82 Å². The lowest BCUT2D eigenvalue weighted by Crippen LogP contribution is -2.28. The molecule has 1 amide bonds. The van der Waals surface area contributed by atoms with E-state index in [1.165, 1.54) is 0 Å². The first-order valence-electron chi connectivity index (χ1n) is 10.7. The fraction of sp³-hybridized carbons (Fsp3) is 0.200. The minimum absolute atomic E-state index is 0.114. The van der Waals surface area contributed by atoms with E-state index >= 15 is 0 Å². The van der Waals surface area contributed by atoms with Gasteiger partial charge in [-0.15, -0.1) is 0 Å². The first-order chi connectivity index (χ1) is 15.6. The van der Waals surface area contributed by atoms with Crippen molar-refractivity contribution in [1.82, 2.24) is 15.1 Å². The summed E-state index contributed by atoms with van der Waals surface area (Å²) in [6.45, 7) is 0.596. The molecule has 6 nitrogen and oxygen atoms in total. The number of benzene rings is 3. The van der Waals surface area contributed by atoms with Crippen LogP contribution in [0.5, 0.6) is 0 Å². The Kier molecular flexibility index (Phi) is 5.45. The molecule has 162 valence electrons. The lowest BCUT2D eigenvalue weighted by molar-refractivity contribution is -0.119. The van der Waals surface area contributed by atoms with E-state index in [1.807, 2.05) is 54.2 Å². The minimum Gasteiger partial charge on any atom is -0.351 e. The number of H-pyrrole nitrogens is 1. The molecule has 2 aliphatic heterocycles. The van der Waals surface area contributed by atoms with E-state index in [9.17, 15) is 4.79 Å². The van der Waals surface area contributed by atoms with Gasteiger partial charge in [0.25, 0.3) is 0 Å². The second-order valence-electron chi connectivity index (χ2n) is 8.05. The van der Waals surface area contributed by atoms with Crippen LogP contribution in [0.15, 0.2) is 71.7 Å². The molecule has 3 aliphatic rings. The number of fused-ring (bicyclic) bond motifs is 1. The normalized spacial score (nSPS) is 16.5. The highest BCUT2D eigenvalue weighted by molar-refractivity contribution is 6.36. The van der Waals surface area contributed by atoms with Crippen molar-refractivity contribution in [3.05, 3.63) is 77.1 Å². The van der Waals surface area contributed by atoms with Crippen molar-refractivity contribution >= 4 is 29.0 Å². The highest BCUT2D eigenvalue weighted by Gasteiger charge is 2.20. The highest BCUT2D eigenvalue weighted by Crippen LogP contribution is 2.37. The van der Waals surface area contributed by atoms with Crippen molar-refractivity contribution in [2.24, 2.45) is 12.0 Å². The molecule has 1 atom stereocenters. The molecule has 2 aromatic rings. The molecule has 0 radical (unpaired) electrons. The number of carbonyl (C=O) groups is 1. The Hall–Kier alpha value is -3.51. The first kappa shape index (κ1) is 20.4. The number of hydrogen-bond acceptors (Lipinski definition) is 3. The number of rotatable bonds is 5. The van der Waals surface area contributed by atoms with Gasteiger partial charge in [0.05, 0.1) is 28.3 Å². The van der Waals surface area contributed by atoms with Gasteiger partial charge in [0.2, 0.25) is 5.91 Å². The first-order valence-corrected chi connectivity index (χ1v) is 11.1. The smallest absolute Gasteiger partial charge is 0.220 e. The molecule has 0 bridgehead atoms. The lowest BCUT2D eigenvalue weighted by atomic mass is 10.0. The maximum atomic E-state index is 11.4. The van der Waals surface area contributed by atoms with Crippen LogP contribution in [0.2, 0.25) is 5.02 Å². The number of halogens is 1. The third kappa shape index (κ3) is 4.01. The molecule has 2 heterocycles. The maximum Gasteiger partial charge on any atom is 0.220 e. The Labute approximate surface area is 191 Å². The van der Waals surface area contributed by atoms with Gasteiger partial charge in [-0.3, -0.25) is 19.6 Å². The van der Waals surface area contributed by atoms with E-state index in [4.69, 9.17) is 11.6 Å². The van der Waals surface area contributed by atoms with E-state index in [-0.39, 0.29) is 11.9 Å². The Morgan fingerprint density at radius 2 is 1.94 bits per heavy atom. The zero-order valence-electron chi connectivity index (χ0n) is 17.7. The van der Waals surface area contributed by atoms with Crippen LogP contribution in [0, 0.1) is 0 Å². The Morgan fingerprint density at radius 1 is 1.09 bits per heavy atom. The Bertz CT molecular complexity index is 1310. The molecule has 0 spiro atoms. The van der Waals surface area contributed by atoms with Crippen LogP contribution >= 0.6 is 11.6 Å². The number of anilines is 2. The molecule has 0 aromatic heterocycles. The number of hydrogen-bond donors (Lipinski definition) is 3. The number of nitrogens with one attached hydrogen (secondary N) is 3. The summed E-state index contributed by atoms with van der Waals surface area (Å²) in [5.41, 5.74) is 4.97. The summed E-state index contributed by atoms with van der Waals surface area (Å²) in [4.78, 5) is 16.1. The van der Waals surface area contributed by atoms with Gasteiger partial charge in [-0.05, 0) is 36.2 Å². The molecule has 2 aromatic carbocycles. The summed E-state index contributed by atoms with van der Waals surface area (Å²) in [5.74, 6) is 0.979. The minimum atomic E-state index is 0.114. The highest BCUT2D eigenvalue weighted by atomic mass is 35.5. The molecule has 3 N–H and O–H groups in total. The summed E-state index contributed by atoms with van der Waals surface area (Å²) < 4.78 is 1.96. The number of aromatic nitrogens is 2. The van der Waals surface area contributed by atoms with Crippen molar-refractivity contribution in [1.29, 1.82) is 0 Å². The fourth-order valence-corrected chi connectivity index (χ4v) is 4.41. The van der Waals surface area contributed by atoms with Crippen LogP contribution in [0.3, 0.4) is 0 Å². The van der Waals surface area contributed by atoms with E-state index in [1.54, 1.807) is 0 Å². The SMILES string of the molecule is Cn1[nH]c(Nc2cccc(-c3ccccc3)c2Cl)c2ccc(=NCC3CCC(=O)N3)cc1-2. The largest absolute Gasteiger partial charge is 0.351 e. The topological polar surface area (TPSA) is 74.2 Å². The van der Waals surface area contributed by atoms with Crippen LogP contribution < -0.4 is 16.0 Å². The second kappa shape index (κ2) is 8.55. The number of carbonyl (C=O) groups excluding carboxylic acids is 1. The van der Waals surface area contributed by atoms with Crippen LogP contribution in [-0.4, -0.2) is 28.3 Å². The van der Waals surface area contributed by atoms with Crippen molar-refractivity contribution in [3.63, 3.8) is 0 Å². The molecular weight excluding hydrogens is 422 g/mol. The third-order valence-electron chi connectivity index (χ3n) is 5.81. The lowest BCUT2D eigenvalue weighted by Gasteiger charge is -2.12. The predicted molar refractivity (Wildman–Crippen MR) is 128 cm³/mol. The molecule has 32 heavy (non-hydrogen) atoms. The summed E-state index contributed by atoms with van der Waals surface area (Å²) in [7, 11) is 1.97. The summed E-state index contributed by atoms with van der Waals surface area (Å²) in [6.07, 6.45) is 1.44. The number of nitrogens with zero attached hydrogens (tertiary/aromatic N) is 2. The number of aromatic amines is 1. The van der Waals surface area contributed by atoms with Gasteiger partial charge >= 0.3 is 0 Å². The van der Waals surface area contributed by atoms with Crippen LogP contribution in [0.4, 0.5) is 11.5 Å². The van der Waals surface area contributed by atoms with Crippen LogP contribution in [0.25, 0.3) is 22.4 Å². The fourth-order valence-electron chi connectivity index (χ4n) is 4.12. The molecule has 1 saturated heterocycles. The number of amides is 1. The number of aryl methyl sites for hydroxylation is 1. The van der Waals surface area contributed by atoms with Gasteiger partial charge in [0.15, 0.2) is 0 Å². The summed E-state index contributed by atoms with van der Waals surface area (Å²) in [6, 6.07) is 22.3. The molecule has 1 unspecified atom stereocenters. The summed E-state index contributed by atoms with van der Waals surface area (Å²) >= 11 is 6.76. The monoisotopic (exact) mass is 445 g/mol. The van der Waals surface area contributed by atoms with E-state index in [0.717, 1.165) is 45.7 Å². The zero-order valence-corrected chi connectivity index (χ0v) is 18.5. The van der Waals surface area contributed by atoms with E-state index < -0.39 is 0 Å². The van der Waals surface area contributed by atoms with Crippen molar-refractivity contribution < 1.29 is 4.79 Å². The Balaban J connectivity index is 1.43. The average molecular weight is 446 g/mol. The quantitative estimate of drug-likeness (QED) is 0.416. The summed E-state index contributed by atoms with van der Waals surface area (Å²) in [5, 5.41) is 11.4. The van der Waals surface area contributed by atoms with E-state index in [0.29, 0.717) is 18.0 Å². The molecule has 5 rings (SSSR count). The Morgan fingerprint density at radius 3 is 2.72 bits per heavy atom. The van der Waals surface area contributed by atoms with Gasteiger partial charge in [-0.1, -0.05) is 54.1 Å². The van der Waals surface area contributed by atoms with Gasteiger partial charge in [-0.25, -0.2) is 0 Å². The maximum absolute atomic E-state index is 11.4. The zero-order chi connectivity index (χ0) is 22.1. The third-order valence-corrected chi connectivity index (χ3v) is 6.22. The predicted octanol–water partition coefficient (Wildman–Crippen LogP) is 4.70. The molecule has 0 saturated carbocycles. The van der Waals surface area contributed by atoms with Crippen LogP contribution in [-0.2, 0) is 11.8 Å². The van der Waals surface area contributed by atoms with Crippen molar-refractivity contribution in [2.45, 2.75) is 18.9 Å². The van der Waals surface area contributed by atoms with Crippen molar-refractivity contribution in [2.75, 3.05) is 11.9 Å². The molecule has 1 fully saturated rings. The molecular formula is C25H24ClN5O. The molecule has 7 heteroatoms. The standard InChI is InChI=1S/C25H24ClN5O/c1-31-22-14-17(27-15-18-11-13-23(32)28-18)10-12-20(22)25(30-31)29-21-9-5-8-19(24(21)26)16-6-3-2-4-7-16/h2-10,12,14,18,29-30H,11,13,15H2,1H3,(H,28,32). The molecule has 1 aliphatic carbocycles. The van der Waals surface area contributed by atoms with Gasteiger partial charge in [0, 0.05) is 30.6 Å². The van der Waals surface area contributed by atoms with Crippen molar-refractivity contribution in [3.8, 4) is 22.4 Å². The van der Waals surface area contributed by atoms with Crippen LogP contribution in [0.1, 0.15) is 12.8 Å². The van der Waals surface area contributed by atoms with E-state index in [2.05, 4.69) is 45.0 Å². The van der Waals surface area contributed by atoms with Gasteiger partial charge < -0.3 is 10.6 Å². The second-order valence-corrected chi connectivity index (χ2v) is 8.43.